The molecule has 0 radical (unpaired) electrons. The summed E-state index contributed by atoms with van der Waals surface area (Å²) in [5, 5.41) is 6.26. The highest BCUT2D eigenvalue weighted by atomic mass is 79.9. The Hall–Kier alpha value is -1.79. The van der Waals surface area contributed by atoms with Crippen LogP contribution >= 0.6 is 0 Å². The second-order valence-corrected chi connectivity index (χ2v) is 17.7. The van der Waals surface area contributed by atoms with Gasteiger partial charge in [-0.1, -0.05) is 115 Å². The third-order valence-corrected chi connectivity index (χ3v) is 11.7. The fourth-order valence-corrected chi connectivity index (χ4v) is 7.50. The lowest BCUT2D eigenvalue weighted by Crippen LogP contribution is -3.00. The summed E-state index contributed by atoms with van der Waals surface area (Å²) in [5.74, 6) is -0.0123. The van der Waals surface area contributed by atoms with Crippen molar-refractivity contribution in [2.24, 2.45) is 0 Å². The van der Waals surface area contributed by atoms with E-state index in [1.54, 1.807) is 0 Å². The van der Waals surface area contributed by atoms with Crippen molar-refractivity contribution in [3.63, 3.8) is 0 Å². The van der Waals surface area contributed by atoms with Crippen LogP contribution in [-0.2, 0) is 28.6 Å². The first-order valence-electron chi connectivity index (χ1n) is 24.0. The number of quaternary nitrogens is 1. The van der Waals surface area contributed by atoms with Crippen molar-refractivity contribution in [1.29, 1.82) is 0 Å². The molecule has 11 heteroatoms. The van der Waals surface area contributed by atoms with E-state index in [9.17, 15) is 14.4 Å². The number of unbranched alkanes of at least 4 members (excludes halogenated alkanes) is 14. The summed E-state index contributed by atoms with van der Waals surface area (Å²) in [4.78, 5) is 38.8. The second-order valence-electron chi connectivity index (χ2n) is 17.7. The molecule has 2 N–H and O–H groups in total. The zero-order valence-electron chi connectivity index (χ0n) is 38.5. The number of carbonyl (C=O) groups is 3. The van der Waals surface area contributed by atoms with Gasteiger partial charge >= 0.3 is 5.97 Å². The smallest absolute Gasteiger partial charge is 0.302 e. The number of epoxide rings is 2. The molecule has 2 rings (SSSR count). The van der Waals surface area contributed by atoms with Gasteiger partial charge in [-0.25, -0.2) is 0 Å². The summed E-state index contributed by atoms with van der Waals surface area (Å²) in [6.07, 6.45) is 38.1. The van der Waals surface area contributed by atoms with Gasteiger partial charge in [0.25, 0.3) is 0 Å². The molecule has 2 aliphatic rings. The highest BCUT2D eigenvalue weighted by Gasteiger charge is 2.37. The standard InChI is InChI=1S/C48H88N4O6.BrH/c1-6-8-22-28-43-45(57-43)30-24-18-14-10-12-16-20-26-32-47(54)49-34-36-51(38-39-52(4,5)40-41-56-42(3)53)37-35-50-48(55)33-27-21-17-13-11-15-19-25-31-46-44(58-46)29-23-9-7-2;/h18-19,24-25,43-46H,6-17,20-23,26-41H2,1-5H3,(H-,49,50,54,55);1H/b24-18+,25-19+;. The van der Waals surface area contributed by atoms with Crippen molar-refractivity contribution in [2.45, 2.75) is 199 Å². The summed E-state index contributed by atoms with van der Waals surface area (Å²) < 4.78 is 17.5. The van der Waals surface area contributed by atoms with E-state index >= 15 is 0 Å². The molecule has 0 aliphatic carbocycles. The topological polar surface area (TPSA) is 113 Å². The summed E-state index contributed by atoms with van der Waals surface area (Å²) in [6, 6.07) is 0. The Morgan fingerprint density at radius 3 is 1.51 bits per heavy atom. The molecular formula is C48H89BrN4O6. The van der Waals surface area contributed by atoms with Crippen LogP contribution in [0.25, 0.3) is 0 Å². The molecular weight excluding hydrogens is 808 g/mol. The number of nitrogens with zero attached hydrogens (tertiary/aromatic N) is 2. The summed E-state index contributed by atoms with van der Waals surface area (Å²) in [5.41, 5.74) is 0. The second kappa shape index (κ2) is 35.8. The first-order chi connectivity index (χ1) is 28.1. The van der Waals surface area contributed by atoms with Crippen LogP contribution in [0.5, 0.6) is 0 Å². The number of likely N-dealkylation sites (N-methyl/N-ethyl adjacent to an activating group) is 1. The van der Waals surface area contributed by atoms with Gasteiger partial charge in [0.05, 0.1) is 45.1 Å². The quantitative estimate of drug-likeness (QED) is 0.0248. The summed E-state index contributed by atoms with van der Waals surface area (Å²) in [6.45, 7) is 11.4. The number of allylic oxidation sites excluding steroid dienone is 2. The van der Waals surface area contributed by atoms with Crippen LogP contribution in [0.4, 0.5) is 0 Å². The minimum atomic E-state index is -0.254. The lowest BCUT2D eigenvalue weighted by Gasteiger charge is -2.32. The molecule has 344 valence electrons. The Labute approximate surface area is 372 Å². The van der Waals surface area contributed by atoms with E-state index in [-0.39, 0.29) is 34.8 Å². The van der Waals surface area contributed by atoms with Gasteiger partial charge in [0, 0.05) is 52.5 Å². The van der Waals surface area contributed by atoms with E-state index < -0.39 is 0 Å². The molecule has 10 nitrogen and oxygen atoms in total. The van der Waals surface area contributed by atoms with Crippen molar-refractivity contribution in [3.05, 3.63) is 24.3 Å². The molecule has 0 saturated carbocycles. The number of carbonyl (C=O) groups excluding carboxylic acids is 3. The van der Waals surface area contributed by atoms with Gasteiger partial charge in [-0.05, 0) is 64.2 Å². The number of nitrogens with one attached hydrogen (secondary N) is 2. The number of esters is 1. The lowest BCUT2D eigenvalue weighted by atomic mass is 10.1. The molecule has 0 aromatic heterocycles. The van der Waals surface area contributed by atoms with Gasteiger partial charge in [-0.3, -0.25) is 19.3 Å². The highest BCUT2D eigenvalue weighted by Crippen LogP contribution is 2.31. The molecule has 4 atom stereocenters. The number of hydrogen-bond acceptors (Lipinski definition) is 7. The molecule has 2 heterocycles. The van der Waals surface area contributed by atoms with Crippen LogP contribution < -0.4 is 27.6 Å². The van der Waals surface area contributed by atoms with Crippen LogP contribution in [0.3, 0.4) is 0 Å². The van der Waals surface area contributed by atoms with Crippen LogP contribution in [0.15, 0.2) is 24.3 Å². The monoisotopic (exact) mass is 897 g/mol. The molecule has 0 aromatic rings. The van der Waals surface area contributed by atoms with Gasteiger partial charge in [-0.2, -0.15) is 0 Å². The summed E-state index contributed by atoms with van der Waals surface area (Å²) in [7, 11) is 4.28. The van der Waals surface area contributed by atoms with Crippen molar-refractivity contribution < 1.29 is 50.1 Å². The first kappa shape index (κ1) is 55.2. The third-order valence-electron chi connectivity index (χ3n) is 11.7. The lowest BCUT2D eigenvalue weighted by molar-refractivity contribution is -0.890. The molecule has 2 amide bonds. The Morgan fingerprint density at radius 1 is 0.593 bits per heavy atom. The SMILES string of the molecule is CCCCCC1OC1C/C=C/CCCCCCCC(=O)NCCN(CCNC(=O)CCCCCCC/C=C/CC1OC1CCCCC)CC[N+](C)(C)CCOC(C)=O.[Br-]. The first-order valence-corrected chi connectivity index (χ1v) is 24.0. The van der Waals surface area contributed by atoms with Crippen LogP contribution in [-0.4, -0.2) is 118 Å². The molecule has 2 aliphatic heterocycles. The van der Waals surface area contributed by atoms with E-state index in [0.29, 0.717) is 57.0 Å². The maximum absolute atomic E-state index is 12.6. The zero-order chi connectivity index (χ0) is 42.1. The largest absolute Gasteiger partial charge is 1.00 e. The molecule has 0 spiro atoms. The van der Waals surface area contributed by atoms with E-state index in [1.165, 1.54) is 96.8 Å². The van der Waals surface area contributed by atoms with Crippen LogP contribution in [0, 0.1) is 0 Å². The van der Waals surface area contributed by atoms with Gasteiger partial charge in [-0.15, -0.1) is 0 Å². The number of hydrogen-bond donors (Lipinski definition) is 2. The predicted molar refractivity (Wildman–Crippen MR) is 239 cm³/mol. The summed E-state index contributed by atoms with van der Waals surface area (Å²) >= 11 is 0. The molecule has 0 aromatic carbocycles. The van der Waals surface area contributed by atoms with Crippen molar-refractivity contribution in [3.8, 4) is 0 Å². The van der Waals surface area contributed by atoms with Gasteiger partial charge in [0.2, 0.25) is 11.8 Å². The zero-order valence-corrected chi connectivity index (χ0v) is 40.1. The van der Waals surface area contributed by atoms with Gasteiger partial charge < -0.3 is 46.3 Å². The Kier molecular flexibility index (Phi) is 33.5. The average Bonchev–Trinajstić information content (AvgIpc) is 4.12. The average molecular weight is 898 g/mol. The third kappa shape index (κ3) is 32.6. The Morgan fingerprint density at radius 2 is 1.05 bits per heavy atom. The van der Waals surface area contributed by atoms with Crippen LogP contribution in [0.1, 0.15) is 175 Å². The van der Waals surface area contributed by atoms with E-state index in [4.69, 9.17) is 14.2 Å². The Bertz CT molecular complexity index is 1070. The molecule has 59 heavy (non-hydrogen) atoms. The van der Waals surface area contributed by atoms with Crippen LogP contribution in [0.2, 0.25) is 0 Å². The molecule has 4 unspecified atom stereocenters. The van der Waals surface area contributed by atoms with Gasteiger partial charge in [0.1, 0.15) is 13.2 Å². The fourth-order valence-electron chi connectivity index (χ4n) is 7.50. The van der Waals surface area contributed by atoms with E-state index in [2.05, 4.69) is 67.8 Å². The molecule has 2 fully saturated rings. The number of amides is 2. The number of rotatable bonds is 40. The fraction of sp³-hybridized carbons (Fsp3) is 0.854. The molecule has 2 saturated heterocycles. The number of halogens is 1. The van der Waals surface area contributed by atoms with E-state index in [0.717, 1.165) is 88.6 Å². The predicted octanol–water partition coefficient (Wildman–Crippen LogP) is 6.21. The highest BCUT2D eigenvalue weighted by molar-refractivity contribution is 5.76. The van der Waals surface area contributed by atoms with Gasteiger partial charge in [0.15, 0.2) is 0 Å². The Balaban J connectivity index is 0.0000174. The van der Waals surface area contributed by atoms with Crippen molar-refractivity contribution in [2.75, 3.05) is 66.5 Å². The molecule has 0 bridgehead atoms. The minimum Gasteiger partial charge on any atom is -1.00 e. The maximum Gasteiger partial charge on any atom is 0.302 e. The minimum absolute atomic E-state index is 0. The van der Waals surface area contributed by atoms with Crippen molar-refractivity contribution >= 4 is 17.8 Å². The normalized spacial score (nSPS) is 18.7. The maximum atomic E-state index is 12.6. The van der Waals surface area contributed by atoms with E-state index in [1.807, 2.05) is 0 Å². The number of ether oxygens (including phenoxy) is 3. The van der Waals surface area contributed by atoms with Crippen molar-refractivity contribution in [1.82, 2.24) is 15.5 Å².